The Labute approximate surface area is 137 Å². The highest BCUT2D eigenvalue weighted by atomic mass is 16.5. The molecule has 1 saturated heterocycles. The lowest BCUT2D eigenvalue weighted by atomic mass is 10.1. The fourth-order valence-corrected chi connectivity index (χ4v) is 2.59. The maximum atomic E-state index is 12.0. The van der Waals surface area contributed by atoms with E-state index in [1.54, 1.807) is 14.2 Å². The van der Waals surface area contributed by atoms with Crippen molar-refractivity contribution in [2.75, 3.05) is 53.6 Å². The molecule has 23 heavy (non-hydrogen) atoms. The van der Waals surface area contributed by atoms with Gasteiger partial charge in [0, 0.05) is 19.6 Å². The van der Waals surface area contributed by atoms with Gasteiger partial charge in [0.2, 0.25) is 5.91 Å². The summed E-state index contributed by atoms with van der Waals surface area (Å²) in [5.74, 6) is 1.34. The molecule has 0 spiro atoms. The number of nitrogens with one attached hydrogen (secondary N) is 1. The van der Waals surface area contributed by atoms with E-state index in [1.807, 2.05) is 18.2 Å². The Morgan fingerprint density at radius 2 is 1.96 bits per heavy atom. The molecule has 0 saturated carbocycles. The minimum Gasteiger partial charge on any atom is -0.493 e. The standard InChI is InChI=1S/C17H26N2O4/c1-21-15-5-4-14(12-16(15)22-2)13-17(20)18-6-3-7-19-8-10-23-11-9-19/h4-5,12H,3,6-11,13H2,1-2H3,(H,18,20). The molecule has 0 radical (unpaired) electrons. The van der Waals surface area contributed by atoms with Crippen LogP contribution in [0.4, 0.5) is 0 Å². The van der Waals surface area contributed by atoms with E-state index in [-0.39, 0.29) is 5.91 Å². The zero-order valence-corrected chi connectivity index (χ0v) is 14.0. The van der Waals surface area contributed by atoms with Crippen LogP contribution in [0.5, 0.6) is 11.5 Å². The Hall–Kier alpha value is -1.79. The van der Waals surface area contributed by atoms with Gasteiger partial charge in [-0.15, -0.1) is 0 Å². The van der Waals surface area contributed by atoms with E-state index in [0.29, 0.717) is 24.5 Å². The molecule has 2 rings (SSSR count). The molecule has 1 amide bonds. The van der Waals surface area contributed by atoms with Gasteiger partial charge in [-0.05, 0) is 30.7 Å². The lowest BCUT2D eigenvalue weighted by Gasteiger charge is -2.26. The van der Waals surface area contributed by atoms with Crippen LogP contribution in [-0.4, -0.2) is 64.4 Å². The summed E-state index contributed by atoms with van der Waals surface area (Å²) in [5, 5.41) is 2.97. The number of rotatable bonds is 8. The van der Waals surface area contributed by atoms with Gasteiger partial charge in [-0.1, -0.05) is 6.07 Å². The Bertz CT molecular complexity index is 501. The SMILES string of the molecule is COc1ccc(CC(=O)NCCCN2CCOCC2)cc1OC. The summed E-state index contributed by atoms with van der Waals surface area (Å²) in [6, 6.07) is 5.54. The van der Waals surface area contributed by atoms with Crippen LogP contribution in [0.1, 0.15) is 12.0 Å². The van der Waals surface area contributed by atoms with Crippen molar-refractivity contribution < 1.29 is 19.0 Å². The molecule has 1 fully saturated rings. The predicted octanol–water partition coefficient (Wildman–Crippen LogP) is 1.08. The predicted molar refractivity (Wildman–Crippen MR) is 88.1 cm³/mol. The van der Waals surface area contributed by atoms with Gasteiger partial charge in [-0.2, -0.15) is 0 Å². The number of ether oxygens (including phenoxy) is 3. The third-order valence-corrected chi connectivity index (χ3v) is 3.89. The first kappa shape index (κ1) is 17.6. The molecule has 1 aromatic carbocycles. The molecule has 0 atom stereocenters. The van der Waals surface area contributed by atoms with Crippen molar-refractivity contribution in [2.45, 2.75) is 12.8 Å². The zero-order chi connectivity index (χ0) is 16.5. The van der Waals surface area contributed by atoms with Crippen LogP contribution in [0.3, 0.4) is 0 Å². The molecule has 0 bridgehead atoms. The van der Waals surface area contributed by atoms with Crippen molar-refractivity contribution in [2.24, 2.45) is 0 Å². The number of methoxy groups -OCH3 is 2. The van der Waals surface area contributed by atoms with Crippen molar-refractivity contribution in [1.29, 1.82) is 0 Å². The molecule has 0 aliphatic carbocycles. The van der Waals surface area contributed by atoms with Crippen molar-refractivity contribution >= 4 is 5.91 Å². The molecule has 1 aliphatic heterocycles. The van der Waals surface area contributed by atoms with Gasteiger partial charge in [0.15, 0.2) is 11.5 Å². The summed E-state index contributed by atoms with van der Waals surface area (Å²) >= 11 is 0. The van der Waals surface area contributed by atoms with Crippen LogP contribution < -0.4 is 14.8 Å². The summed E-state index contributed by atoms with van der Waals surface area (Å²) in [7, 11) is 3.19. The number of carbonyl (C=O) groups is 1. The summed E-state index contributed by atoms with van der Waals surface area (Å²) in [6.45, 7) is 5.29. The number of hydrogen-bond acceptors (Lipinski definition) is 5. The molecule has 0 unspecified atom stereocenters. The van der Waals surface area contributed by atoms with E-state index in [0.717, 1.165) is 44.8 Å². The van der Waals surface area contributed by atoms with Gasteiger partial charge in [0.25, 0.3) is 0 Å². The topological polar surface area (TPSA) is 60.0 Å². The number of hydrogen-bond donors (Lipinski definition) is 1. The van der Waals surface area contributed by atoms with Crippen molar-refractivity contribution in [3.05, 3.63) is 23.8 Å². The third-order valence-electron chi connectivity index (χ3n) is 3.89. The molecule has 1 heterocycles. The maximum Gasteiger partial charge on any atom is 0.224 e. The van der Waals surface area contributed by atoms with Crippen molar-refractivity contribution in [1.82, 2.24) is 10.2 Å². The fraction of sp³-hybridized carbons (Fsp3) is 0.588. The average molecular weight is 322 g/mol. The van der Waals surface area contributed by atoms with Gasteiger partial charge in [-0.3, -0.25) is 9.69 Å². The van der Waals surface area contributed by atoms with E-state index in [9.17, 15) is 4.79 Å². The fourth-order valence-electron chi connectivity index (χ4n) is 2.59. The molecule has 1 aliphatic rings. The molecule has 1 aromatic rings. The second kappa shape index (κ2) is 9.37. The number of carbonyl (C=O) groups excluding carboxylic acids is 1. The van der Waals surface area contributed by atoms with Crippen LogP contribution in [-0.2, 0) is 16.0 Å². The molecule has 1 N–H and O–H groups in total. The van der Waals surface area contributed by atoms with E-state index >= 15 is 0 Å². The first-order chi connectivity index (χ1) is 11.2. The van der Waals surface area contributed by atoms with E-state index in [4.69, 9.17) is 14.2 Å². The van der Waals surface area contributed by atoms with Crippen molar-refractivity contribution in [3.8, 4) is 11.5 Å². The normalized spacial score (nSPS) is 15.2. The van der Waals surface area contributed by atoms with Gasteiger partial charge >= 0.3 is 0 Å². The Balaban J connectivity index is 1.69. The number of amides is 1. The molecule has 6 heteroatoms. The minimum absolute atomic E-state index is 0.0270. The summed E-state index contributed by atoms with van der Waals surface area (Å²) in [6.07, 6.45) is 1.30. The highest BCUT2D eigenvalue weighted by Crippen LogP contribution is 2.27. The number of benzene rings is 1. The minimum atomic E-state index is 0.0270. The molecule has 128 valence electrons. The van der Waals surface area contributed by atoms with Crippen LogP contribution in [0.15, 0.2) is 18.2 Å². The second-order valence-corrected chi connectivity index (χ2v) is 5.52. The first-order valence-corrected chi connectivity index (χ1v) is 8.00. The van der Waals surface area contributed by atoms with Gasteiger partial charge in [0.1, 0.15) is 0 Å². The molecule has 6 nitrogen and oxygen atoms in total. The first-order valence-electron chi connectivity index (χ1n) is 8.00. The highest BCUT2D eigenvalue weighted by molar-refractivity contribution is 5.78. The Morgan fingerprint density at radius 1 is 1.22 bits per heavy atom. The Morgan fingerprint density at radius 3 is 2.65 bits per heavy atom. The monoisotopic (exact) mass is 322 g/mol. The van der Waals surface area contributed by atoms with Gasteiger partial charge in [-0.25, -0.2) is 0 Å². The van der Waals surface area contributed by atoms with Gasteiger partial charge in [0.05, 0.1) is 33.9 Å². The third kappa shape index (κ3) is 5.73. The lowest BCUT2D eigenvalue weighted by molar-refractivity contribution is -0.120. The van der Waals surface area contributed by atoms with E-state index in [2.05, 4.69) is 10.2 Å². The summed E-state index contributed by atoms with van der Waals surface area (Å²) in [5.41, 5.74) is 0.910. The second-order valence-electron chi connectivity index (χ2n) is 5.52. The lowest BCUT2D eigenvalue weighted by Crippen LogP contribution is -2.38. The summed E-state index contributed by atoms with van der Waals surface area (Å²) in [4.78, 5) is 14.4. The van der Waals surface area contributed by atoms with Crippen LogP contribution in [0, 0.1) is 0 Å². The van der Waals surface area contributed by atoms with Crippen LogP contribution in [0.25, 0.3) is 0 Å². The zero-order valence-electron chi connectivity index (χ0n) is 14.0. The number of nitrogens with zero attached hydrogens (tertiary/aromatic N) is 1. The smallest absolute Gasteiger partial charge is 0.224 e. The highest BCUT2D eigenvalue weighted by Gasteiger charge is 2.10. The van der Waals surface area contributed by atoms with Crippen LogP contribution in [0.2, 0.25) is 0 Å². The van der Waals surface area contributed by atoms with E-state index in [1.165, 1.54) is 0 Å². The molecule has 0 aromatic heterocycles. The Kier molecular flexibility index (Phi) is 7.16. The molecular formula is C17H26N2O4. The van der Waals surface area contributed by atoms with Gasteiger partial charge < -0.3 is 19.5 Å². The van der Waals surface area contributed by atoms with Crippen molar-refractivity contribution in [3.63, 3.8) is 0 Å². The average Bonchev–Trinajstić information content (AvgIpc) is 2.59. The largest absolute Gasteiger partial charge is 0.493 e. The number of morpholine rings is 1. The quantitative estimate of drug-likeness (QED) is 0.726. The molecular weight excluding hydrogens is 296 g/mol. The summed E-state index contributed by atoms with van der Waals surface area (Å²) < 4.78 is 15.8. The maximum absolute atomic E-state index is 12.0. The van der Waals surface area contributed by atoms with E-state index < -0.39 is 0 Å². The van der Waals surface area contributed by atoms with Crippen LogP contribution >= 0.6 is 0 Å².